The largest absolute Gasteiger partial charge is 0.384 e. The molecule has 0 spiro atoms. The second-order valence-corrected chi connectivity index (χ2v) is 6.71. The molecule has 1 aromatic rings. The number of anilines is 1. The van der Waals surface area contributed by atoms with Gasteiger partial charge >= 0.3 is 0 Å². The van der Waals surface area contributed by atoms with E-state index < -0.39 is 0 Å². The van der Waals surface area contributed by atoms with Crippen molar-refractivity contribution in [3.05, 3.63) is 29.3 Å². The van der Waals surface area contributed by atoms with Gasteiger partial charge in [0, 0.05) is 29.1 Å². The van der Waals surface area contributed by atoms with Crippen LogP contribution in [0.15, 0.2) is 18.2 Å². The van der Waals surface area contributed by atoms with Crippen molar-refractivity contribution in [2.75, 3.05) is 24.7 Å². The Balaban J connectivity index is 2.01. The molecule has 1 amide bonds. The Kier molecular flexibility index (Phi) is 3.85. The minimum atomic E-state index is 0.0202. The summed E-state index contributed by atoms with van der Waals surface area (Å²) in [6, 6.07) is 5.88. The van der Waals surface area contributed by atoms with Crippen LogP contribution in [-0.2, 0) is 6.42 Å². The summed E-state index contributed by atoms with van der Waals surface area (Å²) in [7, 11) is 0. The Morgan fingerprint density at radius 2 is 2.28 bits per heavy atom. The van der Waals surface area contributed by atoms with Crippen molar-refractivity contribution < 1.29 is 4.79 Å². The molecule has 0 saturated heterocycles. The third-order valence-corrected chi connectivity index (χ3v) is 4.55. The molecule has 2 N–H and O–H groups in total. The van der Waals surface area contributed by atoms with Gasteiger partial charge in [-0.25, -0.2) is 0 Å². The van der Waals surface area contributed by atoms with Crippen molar-refractivity contribution in [3.63, 3.8) is 0 Å². The number of thioether (sulfide) groups is 1. The average Bonchev–Trinajstić information content (AvgIpc) is 2.83. The molecule has 1 heterocycles. The van der Waals surface area contributed by atoms with Crippen LogP contribution in [0.2, 0.25) is 0 Å². The van der Waals surface area contributed by atoms with Crippen molar-refractivity contribution >= 4 is 23.4 Å². The fourth-order valence-corrected chi connectivity index (χ4v) is 2.13. The monoisotopic (exact) mass is 264 g/mol. The fourth-order valence-electron chi connectivity index (χ4n) is 1.91. The van der Waals surface area contributed by atoms with Gasteiger partial charge in [-0.1, -0.05) is 0 Å². The quantitative estimate of drug-likeness (QED) is 0.878. The lowest BCUT2D eigenvalue weighted by Gasteiger charge is -2.22. The molecule has 0 unspecified atom stereocenters. The highest BCUT2D eigenvalue weighted by Gasteiger charge is 2.18. The van der Waals surface area contributed by atoms with Crippen molar-refractivity contribution in [3.8, 4) is 0 Å². The predicted molar refractivity (Wildman–Crippen MR) is 78.6 cm³/mol. The summed E-state index contributed by atoms with van der Waals surface area (Å²) in [5.74, 6) is 0.0202. The van der Waals surface area contributed by atoms with Crippen molar-refractivity contribution in [1.29, 1.82) is 0 Å². The normalized spacial score (nSPS) is 13.9. The molecule has 1 aliphatic rings. The Hall–Kier alpha value is -1.16. The molecule has 0 atom stereocenters. The van der Waals surface area contributed by atoms with Crippen LogP contribution in [0.4, 0.5) is 5.69 Å². The zero-order chi connectivity index (χ0) is 13.2. The lowest BCUT2D eigenvalue weighted by atomic mass is 10.1. The summed E-state index contributed by atoms with van der Waals surface area (Å²) in [6.07, 6.45) is 3.07. The molecule has 0 aromatic heterocycles. The Bertz CT molecular complexity index is 457. The highest BCUT2D eigenvalue weighted by molar-refractivity contribution is 7.99. The Labute approximate surface area is 113 Å². The molecule has 0 radical (unpaired) electrons. The van der Waals surface area contributed by atoms with Crippen LogP contribution >= 0.6 is 11.8 Å². The predicted octanol–water partition coefficient (Wildman–Crippen LogP) is 2.53. The SMILES string of the molecule is CSC(C)(C)CNC(=O)c1ccc2c(c1)CCN2. The third kappa shape index (κ3) is 2.99. The van der Waals surface area contributed by atoms with Crippen molar-refractivity contribution in [1.82, 2.24) is 5.32 Å². The number of carbonyl (C=O) groups is 1. The summed E-state index contributed by atoms with van der Waals surface area (Å²) in [5.41, 5.74) is 3.16. The van der Waals surface area contributed by atoms with Crippen LogP contribution in [0.3, 0.4) is 0 Å². The molecule has 0 saturated carbocycles. The highest BCUT2D eigenvalue weighted by Crippen LogP contribution is 2.23. The topological polar surface area (TPSA) is 41.1 Å². The molecule has 18 heavy (non-hydrogen) atoms. The lowest BCUT2D eigenvalue weighted by molar-refractivity contribution is 0.0951. The van der Waals surface area contributed by atoms with Gasteiger partial charge in [0.2, 0.25) is 0 Å². The number of hydrogen-bond acceptors (Lipinski definition) is 3. The average molecular weight is 264 g/mol. The zero-order valence-corrected chi connectivity index (χ0v) is 12.0. The van der Waals surface area contributed by atoms with Gasteiger partial charge in [0.1, 0.15) is 0 Å². The first-order chi connectivity index (χ1) is 8.52. The van der Waals surface area contributed by atoms with E-state index in [2.05, 4.69) is 30.7 Å². The summed E-state index contributed by atoms with van der Waals surface area (Å²) < 4.78 is 0.0773. The van der Waals surface area contributed by atoms with Crippen molar-refractivity contribution in [2.24, 2.45) is 0 Å². The van der Waals surface area contributed by atoms with E-state index >= 15 is 0 Å². The van der Waals surface area contributed by atoms with Gasteiger partial charge in [-0.3, -0.25) is 4.79 Å². The van der Waals surface area contributed by atoms with Crippen LogP contribution in [0.5, 0.6) is 0 Å². The van der Waals surface area contributed by atoms with Gasteiger partial charge in [-0.2, -0.15) is 11.8 Å². The maximum absolute atomic E-state index is 12.1. The van der Waals surface area contributed by atoms with E-state index in [1.54, 1.807) is 11.8 Å². The van der Waals surface area contributed by atoms with E-state index in [0.29, 0.717) is 6.54 Å². The van der Waals surface area contributed by atoms with E-state index in [4.69, 9.17) is 0 Å². The smallest absolute Gasteiger partial charge is 0.251 e. The van der Waals surface area contributed by atoms with E-state index in [0.717, 1.165) is 24.2 Å². The summed E-state index contributed by atoms with van der Waals surface area (Å²) >= 11 is 1.76. The fraction of sp³-hybridized carbons (Fsp3) is 0.500. The number of amides is 1. The number of carbonyl (C=O) groups excluding carboxylic acids is 1. The van der Waals surface area contributed by atoms with Crippen LogP contribution in [0.1, 0.15) is 29.8 Å². The number of benzene rings is 1. The molecule has 98 valence electrons. The third-order valence-electron chi connectivity index (χ3n) is 3.30. The minimum Gasteiger partial charge on any atom is -0.384 e. The molecular weight excluding hydrogens is 244 g/mol. The van der Waals surface area contributed by atoms with Crippen LogP contribution in [-0.4, -0.2) is 30.0 Å². The van der Waals surface area contributed by atoms with Gasteiger partial charge in [0.15, 0.2) is 0 Å². The summed E-state index contributed by atoms with van der Waals surface area (Å²) in [4.78, 5) is 12.1. The molecule has 1 aromatic carbocycles. The molecule has 1 aliphatic heterocycles. The van der Waals surface area contributed by atoms with Crippen LogP contribution < -0.4 is 10.6 Å². The number of rotatable bonds is 4. The van der Waals surface area contributed by atoms with Gasteiger partial charge in [-0.05, 0) is 50.3 Å². The summed E-state index contributed by atoms with van der Waals surface area (Å²) in [6.45, 7) is 5.91. The second-order valence-electron chi connectivity index (χ2n) is 5.20. The molecule has 4 heteroatoms. The highest BCUT2D eigenvalue weighted by atomic mass is 32.2. The first-order valence-electron chi connectivity index (χ1n) is 6.22. The van der Waals surface area contributed by atoms with Gasteiger partial charge in [-0.15, -0.1) is 0 Å². The van der Waals surface area contributed by atoms with E-state index in [1.165, 1.54) is 5.56 Å². The maximum atomic E-state index is 12.1. The first kappa shape index (κ1) is 13.3. The molecule has 0 fully saturated rings. The molecule has 2 rings (SSSR count). The first-order valence-corrected chi connectivity index (χ1v) is 7.44. The van der Waals surface area contributed by atoms with E-state index in [9.17, 15) is 4.79 Å². The van der Waals surface area contributed by atoms with Gasteiger partial charge in [0.25, 0.3) is 5.91 Å². The van der Waals surface area contributed by atoms with Crippen LogP contribution in [0, 0.1) is 0 Å². The lowest BCUT2D eigenvalue weighted by Crippen LogP contribution is -2.36. The molecule has 0 aliphatic carbocycles. The summed E-state index contributed by atoms with van der Waals surface area (Å²) in [5, 5.41) is 6.30. The van der Waals surface area contributed by atoms with Crippen LogP contribution in [0.25, 0.3) is 0 Å². The zero-order valence-electron chi connectivity index (χ0n) is 11.2. The second kappa shape index (κ2) is 5.22. The van der Waals surface area contributed by atoms with Gasteiger partial charge in [0.05, 0.1) is 0 Å². The number of fused-ring (bicyclic) bond motifs is 1. The van der Waals surface area contributed by atoms with E-state index in [1.807, 2.05) is 18.2 Å². The van der Waals surface area contributed by atoms with Gasteiger partial charge < -0.3 is 10.6 Å². The number of hydrogen-bond donors (Lipinski definition) is 2. The van der Waals surface area contributed by atoms with E-state index in [-0.39, 0.29) is 10.7 Å². The minimum absolute atomic E-state index is 0.0202. The maximum Gasteiger partial charge on any atom is 0.251 e. The standard InChI is InChI=1S/C14H20N2OS/c1-14(2,18-3)9-16-13(17)11-4-5-12-10(8-11)6-7-15-12/h4-5,8,15H,6-7,9H2,1-3H3,(H,16,17). The molecular formula is C14H20N2OS. The number of nitrogens with one attached hydrogen (secondary N) is 2. The van der Waals surface area contributed by atoms with Crippen molar-refractivity contribution in [2.45, 2.75) is 25.0 Å². The molecule has 3 nitrogen and oxygen atoms in total. The Morgan fingerprint density at radius 1 is 1.50 bits per heavy atom. The molecule has 0 bridgehead atoms. The Morgan fingerprint density at radius 3 is 3.00 bits per heavy atom.